The van der Waals surface area contributed by atoms with Crippen molar-refractivity contribution in [1.29, 1.82) is 5.26 Å². The predicted molar refractivity (Wildman–Crippen MR) is 80.4 cm³/mol. The van der Waals surface area contributed by atoms with Crippen LogP contribution in [0.4, 0.5) is 0 Å². The van der Waals surface area contributed by atoms with Crippen molar-refractivity contribution in [3.05, 3.63) is 70.7 Å². The van der Waals surface area contributed by atoms with Crippen LogP contribution in [0.15, 0.2) is 63.7 Å². The summed E-state index contributed by atoms with van der Waals surface area (Å²) in [5.41, 5.74) is 6.93. The Hall–Kier alpha value is -2.45. The number of nitrogens with two attached hydrogens (primary N) is 1. The van der Waals surface area contributed by atoms with E-state index in [1.807, 2.05) is 18.2 Å². The molecule has 0 saturated carbocycles. The summed E-state index contributed by atoms with van der Waals surface area (Å²) >= 11 is 1.23. The smallest absolute Gasteiger partial charge is 0.177 e. The van der Waals surface area contributed by atoms with Gasteiger partial charge in [-0.2, -0.15) is 5.26 Å². The monoisotopic (exact) mass is 296 g/mol. The zero-order chi connectivity index (χ0) is 14.8. The Bertz CT molecular complexity index is 729. The van der Waals surface area contributed by atoms with Crippen molar-refractivity contribution in [3.8, 4) is 6.07 Å². The number of hydrogen-bond donors (Lipinski definition) is 1. The quantitative estimate of drug-likeness (QED) is 0.880. The molecule has 1 aliphatic heterocycles. The summed E-state index contributed by atoms with van der Waals surface area (Å²) < 4.78 is 5.41. The standard InChI is InChI=1S/C16H12N2O2S/c17-9-11-13(12-7-4-8-20-12)15(21-16(11)18)14(19)10-5-2-1-3-6-10/h1-8,13,15H,18H2/t13-,15+/m1/s1. The summed E-state index contributed by atoms with van der Waals surface area (Å²) in [6, 6.07) is 14.6. The largest absolute Gasteiger partial charge is 0.469 e. The number of Topliss-reactive ketones (excluding diaryl/α,β-unsaturated/α-hetero) is 1. The first-order chi connectivity index (χ1) is 10.2. The van der Waals surface area contributed by atoms with Crippen LogP contribution in [-0.2, 0) is 0 Å². The minimum atomic E-state index is -0.465. The highest BCUT2D eigenvalue weighted by Crippen LogP contribution is 2.46. The minimum Gasteiger partial charge on any atom is -0.469 e. The molecule has 2 atom stereocenters. The Morgan fingerprint density at radius 2 is 2.00 bits per heavy atom. The first kappa shape index (κ1) is 13.5. The second-order valence-corrected chi connectivity index (χ2v) is 5.83. The van der Waals surface area contributed by atoms with Crippen molar-refractivity contribution in [2.75, 3.05) is 0 Å². The number of thioether (sulfide) groups is 1. The third kappa shape index (κ3) is 2.34. The fraction of sp³-hybridized carbons (Fsp3) is 0.125. The van der Waals surface area contributed by atoms with E-state index in [9.17, 15) is 10.1 Å². The molecule has 2 aromatic rings. The minimum absolute atomic E-state index is 0.0461. The SMILES string of the molecule is N#CC1=C(N)S[C@H](C(=O)c2ccccc2)[C@H]1c1ccco1. The van der Waals surface area contributed by atoms with Gasteiger partial charge in [0.1, 0.15) is 5.76 Å². The third-order valence-corrected chi connectivity index (χ3v) is 4.63. The molecule has 2 heterocycles. The van der Waals surface area contributed by atoms with Crippen LogP contribution in [0.5, 0.6) is 0 Å². The molecule has 0 amide bonds. The van der Waals surface area contributed by atoms with Crippen molar-refractivity contribution >= 4 is 17.5 Å². The van der Waals surface area contributed by atoms with Gasteiger partial charge in [-0.25, -0.2) is 0 Å². The molecule has 104 valence electrons. The lowest BCUT2D eigenvalue weighted by Crippen LogP contribution is -2.23. The average Bonchev–Trinajstić information content (AvgIpc) is 3.14. The van der Waals surface area contributed by atoms with Gasteiger partial charge in [0, 0.05) is 5.56 Å². The fourth-order valence-electron chi connectivity index (χ4n) is 2.43. The fourth-order valence-corrected chi connectivity index (χ4v) is 3.65. The molecule has 1 aliphatic rings. The molecule has 0 unspecified atom stereocenters. The Morgan fingerprint density at radius 1 is 1.24 bits per heavy atom. The van der Waals surface area contributed by atoms with Gasteiger partial charge in [0.15, 0.2) is 5.78 Å². The zero-order valence-electron chi connectivity index (χ0n) is 11.0. The van der Waals surface area contributed by atoms with E-state index in [4.69, 9.17) is 10.2 Å². The van der Waals surface area contributed by atoms with Gasteiger partial charge < -0.3 is 10.2 Å². The second kappa shape index (κ2) is 5.51. The molecule has 21 heavy (non-hydrogen) atoms. The molecular formula is C16H12N2O2S. The molecule has 1 aromatic heterocycles. The number of rotatable bonds is 3. The summed E-state index contributed by atoms with van der Waals surface area (Å²) in [7, 11) is 0. The van der Waals surface area contributed by atoms with Crippen molar-refractivity contribution in [2.24, 2.45) is 5.73 Å². The molecule has 0 saturated heterocycles. The van der Waals surface area contributed by atoms with Crippen LogP contribution in [0.3, 0.4) is 0 Å². The molecular weight excluding hydrogens is 284 g/mol. The van der Waals surface area contributed by atoms with Gasteiger partial charge in [-0.3, -0.25) is 4.79 Å². The molecule has 4 nitrogen and oxygen atoms in total. The van der Waals surface area contributed by atoms with E-state index in [0.29, 0.717) is 21.9 Å². The van der Waals surface area contributed by atoms with Crippen LogP contribution >= 0.6 is 11.8 Å². The third-order valence-electron chi connectivity index (χ3n) is 3.42. The lowest BCUT2D eigenvalue weighted by Gasteiger charge is -2.16. The van der Waals surface area contributed by atoms with Gasteiger partial charge in [0.2, 0.25) is 0 Å². The highest BCUT2D eigenvalue weighted by Gasteiger charge is 2.42. The van der Waals surface area contributed by atoms with Gasteiger partial charge in [-0.05, 0) is 12.1 Å². The number of nitriles is 1. The van der Waals surface area contributed by atoms with Gasteiger partial charge in [-0.15, -0.1) is 0 Å². The molecule has 1 aromatic carbocycles. The zero-order valence-corrected chi connectivity index (χ0v) is 11.8. The van der Waals surface area contributed by atoms with Crippen LogP contribution < -0.4 is 5.73 Å². The van der Waals surface area contributed by atoms with E-state index >= 15 is 0 Å². The van der Waals surface area contributed by atoms with Gasteiger partial charge in [-0.1, -0.05) is 42.1 Å². The van der Waals surface area contributed by atoms with Crippen molar-refractivity contribution < 1.29 is 9.21 Å². The number of furan rings is 1. The number of allylic oxidation sites excluding steroid dienone is 1. The number of carbonyl (C=O) groups excluding carboxylic acids is 1. The van der Waals surface area contributed by atoms with Crippen molar-refractivity contribution in [2.45, 2.75) is 11.2 Å². The maximum Gasteiger partial charge on any atom is 0.177 e. The van der Waals surface area contributed by atoms with Gasteiger partial charge in [0.25, 0.3) is 0 Å². The summed E-state index contributed by atoms with van der Waals surface area (Å²) in [5.74, 6) is 0.117. The summed E-state index contributed by atoms with van der Waals surface area (Å²) in [5, 5.41) is 9.25. The Kier molecular flexibility index (Phi) is 3.55. The normalized spacial score (nSPS) is 21.3. The number of benzene rings is 1. The maximum absolute atomic E-state index is 12.7. The number of carbonyl (C=O) groups is 1. The molecule has 3 rings (SSSR count). The second-order valence-electron chi connectivity index (χ2n) is 4.65. The lowest BCUT2D eigenvalue weighted by atomic mass is 9.90. The molecule has 5 heteroatoms. The Labute approximate surface area is 126 Å². The highest BCUT2D eigenvalue weighted by molar-refractivity contribution is 8.04. The summed E-state index contributed by atoms with van der Waals surface area (Å²) in [4.78, 5) is 12.7. The summed E-state index contributed by atoms with van der Waals surface area (Å²) in [6.07, 6.45) is 1.54. The van der Waals surface area contributed by atoms with E-state index in [2.05, 4.69) is 6.07 Å². The molecule has 0 radical (unpaired) electrons. The Balaban J connectivity index is 2.00. The van der Waals surface area contributed by atoms with Crippen molar-refractivity contribution in [1.82, 2.24) is 0 Å². The van der Waals surface area contributed by atoms with E-state index < -0.39 is 11.2 Å². The Morgan fingerprint density at radius 3 is 2.62 bits per heavy atom. The molecule has 2 N–H and O–H groups in total. The molecule has 0 aliphatic carbocycles. The number of hydrogen-bond acceptors (Lipinski definition) is 5. The summed E-state index contributed by atoms with van der Waals surface area (Å²) in [6.45, 7) is 0. The van der Waals surface area contributed by atoms with Crippen LogP contribution in [0, 0.1) is 11.3 Å². The number of ketones is 1. The van der Waals surface area contributed by atoms with Crippen LogP contribution in [0.25, 0.3) is 0 Å². The van der Waals surface area contributed by atoms with Gasteiger partial charge >= 0.3 is 0 Å². The lowest BCUT2D eigenvalue weighted by molar-refractivity contribution is 0.0983. The number of nitrogens with zero attached hydrogens (tertiary/aromatic N) is 1. The van der Waals surface area contributed by atoms with Crippen molar-refractivity contribution in [3.63, 3.8) is 0 Å². The first-order valence-electron chi connectivity index (χ1n) is 6.41. The first-order valence-corrected chi connectivity index (χ1v) is 7.29. The topological polar surface area (TPSA) is 80.0 Å². The van der Waals surface area contributed by atoms with E-state index in [-0.39, 0.29) is 5.78 Å². The van der Waals surface area contributed by atoms with Crippen LogP contribution in [0.1, 0.15) is 22.0 Å². The van der Waals surface area contributed by atoms with E-state index in [0.717, 1.165) is 0 Å². The highest BCUT2D eigenvalue weighted by atomic mass is 32.2. The van der Waals surface area contributed by atoms with E-state index in [1.54, 1.807) is 24.3 Å². The maximum atomic E-state index is 12.7. The predicted octanol–water partition coefficient (Wildman–Crippen LogP) is 3.06. The molecule has 0 fully saturated rings. The van der Waals surface area contributed by atoms with E-state index in [1.165, 1.54) is 18.0 Å². The molecule has 0 spiro atoms. The van der Waals surface area contributed by atoms with Gasteiger partial charge in [0.05, 0.1) is 34.1 Å². The van der Waals surface area contributed by atoms with Crippen LogP contribution in [-0.4, -0.2) is 11.0 Å². The molecule has 0 bridgehead atoms. The van der Waals surface area contributed by atoms with Crippen LogP contribution in [0.2, 0.25) is 0 Å². The average molecular weight is 296 g/mol.